The average Bonchev–Trinajstić information content (AvgIpc) is 2.64. The number of carbonyl (C=O) groups excluding carboxylic acids is 1. The van der Waals surface area contributed by atoms with E-state index in [1.54, 1.807) is 24.3 Å². The zero-order valence-electron chi connectivity index (χ0n) is 13.7. The van der Waals surface area contributed by atoms with E-state index in [1.165, 1.54) is 25.6 Å². The minimum atomic E-state index is -0.772. The van der Waals surface area contributed by atoms with Gasteiger partial charge in [0.2, 0.25) is 0 Å². The van der Waals surface area contributed by atoms with Gasteiger partial charge in [0, 0.05) is 23.9 Å². The van der Waals surface area contributed by atoms with Crippen LogP contribution in [-0.4, -0.2) is 23.0 Å². The first-order valence-electron chi connectivity index (χ1n) is 7.54. The van der Waals surface area contributed by atoms with Crippen molar-refractivity contribution in [2.45, 2.75) is 0 Å². The van der Waals surface area contributed by atoms with Crippen molar-refractivity contribution >= 4 is 23.1 Å². The quantitative estimate of drug-likeness (QED) is 0.728. The molecule has 3 rings (SSSR count). The molecule has 8 heteroatoms. The number of carbonyl (C=O) groups is 1. The summed E-state index contributed by atoms with van der Waals surface area (Å²) in [5.74, 6) is -1.13. The first kappa shape index (κ1) is 17.3. The van der Waals surface area contributed by atoms with Gasteiger partial charge in [0.25, 0.3) is 5.91 Å². The molecule has 0 spiro atoms. The third-order valence-corrected chi connectivity index (χ3v) is 3.42. The van der Waals surface area contributed by atoms with E-state index < -0.39 is 17.5 Å². The Labute approximate surface area is 147 Å². The van der Waals surface area contributed by atoms with Gasteiger partial charge in [0.05, 0.1) is 12.8 Å². The number of rotatable bonds is 5. The van der Waals surface area contributed by atoms with Crippen LogP contribution in [0.5, 0.6) is 5.75 Å². The van der Waals surface area contributed by atoms with Crippen molar-refractivity contribution in [3.63, 3.8) is 0 Å². The van der Waals surface area contributed by atoms with Crippen LogP contribution in [0.3, 0.4) is 0 Å². The fourth-order valence-electron chi connectivity index (χ4n) is 2.17. The second-order valence-corrected chi connectivity index (χ2v) is 5.22. The molecule has 0 aliphatic rings. The second-order valence-electron chi connectivity index (χ2n) is 5.22. The summed E-state index contributed by atoms with van der Waals surface area (Å²) in [6.45, 7) is 0. The molecule has 0 unspecified atom stereocenters. The SMILES string of the molecule is COc1cccc(NC(=O)c2cc(Nc3ccc(F)cc3F)ncn2)c1. The van der Waals surface area contributed by atoms with Gasteiger partial charge in [-0.1, -0.05) is 6.07 Å². The molecule has 2 aromatic carbocycles. The highest BCUT2D eigenvalue weighted by atomic mass is 19.1. The van der Waals surface area contributed by atoms with Gasteiger partial charge in [0.15, 0.2) is 0 Å². The van der Waals surface area contributed by atoms with Crippen molar-refractivity contribution in [2.24, 2.45) is 0 Å². The first-order valence-corrected chi connectivity index (χ1v) is 7.54. The van der Waals surface area contributed by atoms with E-state index in [4.69, 9.17) is 4.74 Å². The van der Waals surface area contributed by atoms with Gasteiger partial charge < -0.3 is 15.4 Å². The number of methoxy groups -OCH3 is 1. The van der Waals surface area contributed by atoms with E-state index >= 15 is 0 Å². The fraction of sp³-hybridized carbons (Fsp3) is 0.0556. The lowest BCUT2D eigenvalue weighted by Gasteiger charge is -2.09. The molecule has 1 aromatic heterocycles. The Hall–Kier alpha value is -3.55. The lowest BCUT2D eigenvalue weighted by atomic mass is 10.2. The van der Waals surface area contributed by atoms with E-state index in [0.717, 1.165) is 12.1 Å². The molecule has 0 atom stereocenters. The highest BCUT2D eigenvalue weighted by Gasteiger charge is 2.11. The number of benzene rings is 2. The Morgan fingerprint density at radius 1 is 1.08 bits per heavy atom. The highest BCUT2D eigenvalue weighted by molar-refractivity contribution is 6.03. The molecule has 0 aliphatic carbocycles. The molecule has 0 bridgehead atoms. The van der Waals surface area contributed by atoms with Gasteiger partial charge in [-0.3, -0.25) is 4.79 Å². The van der Waals surface area contributed by atoms with Crippen LogP contribution in [0.4, 0.5) is 26.0 Å². The largest absolute Gasteiger partial charge is 0.497 e. The van der Waals surface area contributed by atoms with Crippen LogP contribution in [0.1, 0.15) is 10.5 Å². The highest BCUT2D eigenvalue weighted by Crippen LogP contribution is 2.20. The van der Waals surface area contributed by atoms with Crippen molar-refractivity contribution in [3.05, 3.63) is 72.2 Å². The molecule has 1 heterocycles. The van der Waals surface area contributed by atoms with Crippen LogP contribution in [0, 0.1) is 11.6 Å². The third-order valence-electron chi connectivity index (χ3n) is 3.42. The number of ether oxygens (including phenoxy) is 1. The summed E-state index contributed by atoms with van der Waals surface area (Å²) in [5, 5.41) is 5.37. The number of hydrogen-bond acceptors (Lipinski definition) is 5. The molecule has 132 valence electrons. The van der Waals surface area contributed by atoms with Crippen LogP contribution in [0.25, 0.3) is 0 Å². The molecule has 6 nitrogen and oxygen atoms in total. The number of halogens is 2. The lowest BCUT2D eigenvalue weighted by Crippen LogP contribution is -2.14. The van der Waals surface area contributed by atoms with Crippen molar-refractivity contribution in [1.29, 1.82) is 0 Å². The number of anilines is 3. The minimum absolute atomic E-state index is 0.0317. The Kier molecular flexibility index (Phi) is 5.02. The molecule has 0 saturated carbocycles. The monoisotopic (exact) mass is 356 g/mol. The van der Waals surface area contributed by atoms with Crippen LogP contribution in [0.2, 0.25) is 0 Å². The number of nitrogens with zero attached hydrogens (tertiary/aromatic N) is 2. The molecule has 0 fully saturated rings. The van der Waals surface area contributed by atoms with Gasteiger partial charge in [-0.05, 0) is 24.3 Å². The van der Waals surface area contributed by atoms with Gasteiger partial charge in [-0.2, -0.15) is 0 Å². The van der Waals surface area contributed by atoms with E-state index in [9.17, 15) is 13.6 Å². The second kappa shape index (κ2) is 7.56. The zero-order valence-corrected chi connectivity index (χ0v) is 13.7. The summed E-state index contributed by atoms with van der Waals surface area (Å²) in [4.78, 5) is 20.2. The predicted octanol–water partition coefficient (Wildman–Crippen LogP) is 3.76. The number of nitrogens with one attached hydrogen (secondary N) is 2. The van der Waals surface area contributed by atoms with Crippen LogP contribution >= 0.6 is 0 Å². The Balaban J connectivity index is 1.76. The van der Waals surface area contributed by atoms with Gasteiger partial charge in [0.1, 0.15) is 35.2 Å². The van der Waals surface area contributed by atoms with Crippen molar-refractivity contribution in [3.8, 4) is 5.75 Å². The molecule has 2 N–H and O–H groups in total. The Morgan fingerprint density at radius 3 is 2.69 bits per heavy atom. The molecule has 0 radical (unpaired) electrons. The lowest BCUT2D eigenvalue weighted by molar-refractivity contribution is 0.102. The maximum atomic E-state index is 13.7. The topological polar surface area (TPSA) is 76.1 Å². The summed E-state index contributed by atoms with van der Waals surface area (Å²) in [6.07, 6.45) is 1.17. The maximum Gasteiger partial charge on any atom is 0.274 e. The maximum absolute atomic E-state index is 13.7. The number of amides is 1. The van der Waals surface area contributed by atoms with E-state index in [-0.39, 0.29) is 17.2 Å². The average molecular weight is 356 g/mol. The van der Waals surface area contributed by atoms with Gasteiger partial charge in [-0.15, -0.1) is 0 Å². The summed E-state index contributed by atoms with van der Waals surface area (Å²) in [7, 11) is 1.53. The zero-order chi connectivity index (χ0) is 18.5. The van der Waals surface area contributed by atoms with Crippen LogP contribution < -0.4 is 15.4 Å². The van der Waals surface area contributed by atoms with Gasteiger partial charge >= 0.3 is 0 Å². The first-order chi connectivity index (χ1) is 12.5. The predicted molar refractivity (Wildman–Crippen MR) is 92.6 cm³/mol. The van der Waals surface area contributed by atoms with Crippen molar-refractivity contribution in [2.75, 3.05) is 17.7 Å². The number of aromatic nitrogens is 2. The third kappa shape index (κ3) is 4.10. The molecule has 3 aromatic rings. The smallest absolute Gasteiger partial charge is 0.274 e. The molecule has 0 aliphatic heterocycles. The molecular weight excluding hydrogens is 342 g/mol. The van der Waals surface area contributed by atoms with Crippen molar-refractivity contribution < 1.29 is 18.3 Å². The van der Waals surface area contributed by atoms with Crippen LogP contribution in [0.15, 0.2) is 54.9 Å². The Morgan fingerprint density at radius 2 is 1.92 bits per heavy atom. The summed E-state index contributed by atoms with van der Waals surface area (Å²) < 4.78 is 31.8. The minimum Gasteiger partial charge on any atom is -0.497 e. The van der Waals surface area contributed by atoms with E-state index in [1.807, 2.05) is 0 Å². The fourth-order valence-corrected chi connectivity index (χ4v) is 2.17. The van der Waals surface area contributed by atoms with E-state index in [0.29, 0.717) is 11.4 Å². The van der Waals surface area contributed by atoms with Crippen molar-refractivity contribution in [1.82, 2.24) is 9.97 Å². The number of hydrogen-bond donors (Lipinski definition) is 2. The molecule has 0 saturated heterocycles. The Bertz CT molecular complexity index is 950. The standard InChI is InChI=1S/C18H14F2N4O2/c1-26-13-4-2-3-12(8-13)23-18(25)16-9-17(22-10-21-16)24-15-6-5-11(19)7-14(15)20/h2-10H,1H3,(H,23,25)(H,21,22,24). The van der Waals surface area contributed by atoms with E-state index in [2.05, 4.69) is 20.6 Å². The summed E-state index contributed by atoms with van der Waals surface area (Å²) in [5.41, 5.74) is 0.643. The molecule has 26 heavy (non-hydrogen) atoms. The van der Waals surface area contributed by atoms with Gasteiger partial charge in [-0.25, -0.2) is 18.7 Å². The molecular formula is C18H14F2N4O2. The summed E-state index contributed by atoms with van der Waals surface area (Å²) >= 11 is 0. The summed E-state index contributed by atoms with van der Waals surface area (Å²) in [6, 6.07) is 11.3. The normalized spacial score (nSPS) is 10.3. The molecule has 1 amide bonds. The van der Waals surface area contributed by atoms with Crippen LogP contribution in [-0.2, 0) is 0 Å².